The second-order valence-electron chi connectivity index (χ2n) is 5.93. The molecule has 120 valence electrons. The molecule has 4 nitrogen and oxygen atoms in total. The van der Waals surface area contributed by atoms with E-state index >= 15 is 0 Å². The van der Waals surface area contributed by atoms with Crippen LogP contribution in [0, 0.1) is 18.7 Å². The van der Waals surface area contributed by atoms with Gasteiger partial charge in [0.25, 0.3) is 0 Å². The Morgan fingerprint density at radius 1 is 1.24 bits per heavy atom. The molecule has 1 N–H and O–H groups in total. The Labute approximate surface area is 126 Å². The fraction of sp³-hybridized carbons (Fsp3) is 0.600. The number of aryl methyl sites for hydroxylation is 1. The van der Waals surface area contributed by atoms with Gasteiger partial charge in [0.1, 0.15) is 5.82 Å². The lowest BCUT2D eigenvalue weighted by Gasteiger charge is -2.28. The van der Waals surface area contributed by atoms with Crippen LogP contribution in [0.2, 0.25) is 0 Å². The maximum atomic E-state index is 13.8. The fourth-order valence-electron chi connectivity index (χ4n) is 2.15. The molecule has 1 rings (SSSR count). The Kier molecular flexibility index (Phi) is 5.90. The van der Waals surface area contributed by atoms with Crippen LogP contribution in [0.15, 0.2) is 17.0 Å². The van der Waals surface area contributed by atoms with Crippen molar-refractivity contribution in [3.8, 4) is 0 Å². The highest BCUT2D eigenvalue weighted by atomic mass is 32.2. The number of aliphatic hydroxyl groups is 1. The molecule has 1 aromatic carbocycles. The first-order chi connectivity index (χ1) is 9.61. The number of aliphatic hydroxyl groups excluding tert-OH is 1. The Bertz CT molecular complexity index is 597. The van der Waals surface area contributed by atoms with E-state index in [4.69, 9.17) is 0 Å². The molecular weight excluding hydrogens is 293 g/mol. The summed E-state index contributed by atoms with van der Waals surface area (Å²) in [7, 11) is -3.71. The largest absolute Gasteiger partial charge is 0.392 e. The van der Waals surface area contributed by atoms with E-state index in [0.717, 1.165) is 0 Å². The predicted octanol–water partition coefficient (Wildman–Crippen LogP) is 2.68. The standard InChI is InChI=1S/C15H24FNO3S/c1-10(2)8-17(11(3)4)21(19,20)14-6-12(5)15(16)13(7-14)9-18/h6-7,10-11,18H,8-9H2,1-5H3. The van der Waals surface area contributed by atoms with Crippen LogP contribution in [0.1, 0.15) is 38.8 Å². The van der Waals surface area contributed by atoms with Gasteiger partial charge in [-0.3, -0.25) is 0 Å². The van der Waals surface area contributed by atoms with Crippen LogP contribution in [-0.4, -0.2) is 30.4 Å². The lowest BCUT2D eigenvalue weighted by Crippen LogP contribution is -2.39. The van der Waals surface area contributed by atoms with Gasteiger partial charge in [0, 0.05) is 18.2 Å². The Hall–Kier alpha value is -0.980. The maximum Gasteiger partial charge on any atom is 0.243 e. The average molecular weight is 317 g/mol. The van der Waals surface area contributed by atoms with Crippen molar-refractivity contribution in [3.63, 3.8) is 0 Å². The molecule has 0 aliphatic rings. The van der Waals surface area contributed by atoms with Crippen LogP contribution in [0.3, 0.4) is 0 Å². The molecule has 0 aromatic heterocycles. The summed E-state index contributed by atoms with van der Waals surface area (Å²) in [5, 5.41) is 9.18. The Balaban J connectivity index is 3.38. The van der Waals surface area contributed by atoms with E-state index in [1.807, 2.05) is 27.7 Å². The number of sulfonamides is 1. The molecule has 0 aliphatic carbocycles. The van der Waals surface area contributed by atoms with Crippen LogP contribution in [0.4, 0.5) is 4.39 Å². The molecule has 0 amide bonds. The van der Waals surface area contributed by atoms with Gasteiger partial charge < -0.3 is 5.11 Å². The second kappa shape index (κ2) is 6.85. The van der Waals surface area contributed by atoms with Gasteiger partial charge in [-0.25, -0.2) is 12.8 Å². The normalized spacial score (nSPS) is 12.7. The minimum atomic E-state index is -3.71. The smallest absolute Gasteiger partial charge is 0.243 e. The van der Waals surface area contributed by atoms with Gasteiger partial charge in [-0.2, -0.15) is 4.31 Å². The summed E-state index contributed by atoms with van der Waals surface area (Å²) in [6.45, 7) is 8.87. The van der Waals surface area contributed by atoms with E-state index < -0.39 is 22.4 Å². The van der Waals surface area contributed by atoms with Gasteiger partial charge in [0.2, 0.25) is 10.0 Å². The molecule has 0 heterocycles. The van der Waals surface area contributed by atoms with E-state index in [2.05, 4.69) is 0 Å². The summed E-state index contributed by atoms with van der Waals surface area (Å²) in [4.78, 5) is 0.0276. The molecular formula is C15H24FNO3S. The zero-order chi connectivity index (χ0) is 16.4. The Morgan fingerprint density at radius 2 is 1.81 bits per heavy atom. The number of halogens is 1. The predicted molar refractivity (Wildman–Crippen MR) is 80.9 cm³/mol. The van der Waals surface area contributed by atoms with Gasteiger partial charge in [0.15, 0.2) is 0 Å². The van der Waals surface area contributed by atoms with Crippen molar-refractivity contribution in [3.05, 3.63) is 29.1 Å². The summed E-state index contributed by atoms with van der Waals surface area (Å²) in [6, 6.07) is 2.34. The molecule has 0 aliphatic heterocycles. The SMILES string of the molecule is Cc1cc(S(=O)(=O)N(CC(C)C)C(C)C)cc(CO)c1F. The van der Waals surface area contributed by atoms with Crippen molar-refractivity contribution in [1.29, 1.82) is 0 Å². The van der Waals surface area contributed by atoms with Gasteiger partial charge in [0.05, 0.1) is 11.5 Å². The van der Waals surface area contributed by atoms with E-state index in [1.54, 1.807) is 0 Å². The highest BCUT2D eigenvalue weighted by molar-refractivity contribution is 7.89. The van der Waals surface area contributed by atoms with Crippen LogP contribution in [0.5, 0.6) is 0 Å². The molecule has 0 saturated heterocycles. The zero-order valence-electron chi connectivity index (χ0n) is 13.2. The lowest BCUT2D eigenvalue weighted by atomic mass is 10.1. The number of hydrogen-bond donors (Lipinski definition) is 1. The van der Waals surface area contributed by atoms with E-state index in [0.29, 0.717) is 6.54 Å². The Morgan fingerprint density at radius 3 is 2.24 bits per heavy atom. The molecule has 0 fully saturated rings. The van der Waals surface area contributed by atoms with E-state index in [9.17, 15) is 17.9 Å². The molecule has 0 spiro atoms. The van der Waals surface area contributed by atoms with Crippen molar-refractivity contribution in [2.75, 3.05) is 6.54 Å². The number of benzene rings is 1. The summed E-state index contributed by atoms with van der Waals surface area (Å²) < 4.78 is 40.7. The lowest BCUT2D eigenvalue weighted by molar-refractivity contribution is 0.275. The summed E-state index contributed by atoms with van der Waals surface area (Å²) >= 11 is 0. The summed E-state index contributed by atoms with van der Waals surface area (Å²) in [6.07, 6.45) is 0. The third-order valence-electron chi connectivity index (χ3n) is 3.20. The maximum absolute atomic E-state index is 13.8. The number of nitrogens with zero attached hydrogens (tertiary/aromatic N) is 1. The first kappa shape index (κ1) is 18.1. The van der Waals surface area contributed by atoms with Crippen molar-refractivity contribution in [2.45, 2.75) is 52.2 Å². The van der Waals surface area contributed by atoms with Gasteiger partial charge in [-0.1, -0.05) is 13.8 Å². The van der Waals surface area contributed by atoms with Crippen LogP contribution in [-0.2, 0) is 16.6 Å². The molecule has 0 radical (unpaired) electrons. The molecule has 1 aromatic rings. The van der Waals surface area contributed by atoms with Crippen molar-refractivity contribution < 1.29 is 17.9 Å². The summed E-state index contributed by atoms with van der Waals surface area (Å²) in [5.74, 6) is -0.377. The quantitative estimate of drug-likeness (QED) is 0.877. The molecule has 6 heteroatoms. The van der Waals surface area contributed by atoms with E-state index in [-0.39, 0.29) is 28.0 Å². The van der Waals surface area contributed by atoms with Crippen molar-refractivity contribution in [2.24, 2.45) is 5.92 Å². The second-order valence-corrected chi connectivity index (χ2v) is 7.82. The molecule has 0 saturated carbocycles. The van der Waals surface area contributed by atoms with Crippen molar-refractivity contribution in [1.82, 2.24) is 4.31 Å². The molecule has 0 unspecified atom stereocenters. The van der Waals surface area contributed by atoms with E-state index in [1.165, 1.54) is 23.4 Å². The van der Waals surface area contributed by atoms with Gasteiger partial charge >= 0.3 is 0 Å². The summed E-state index contributed by atoms with van der Waals surface area (Å²) in [5.41, 5.74) is 0.218. The number of rotatable bonds is 6. The van der Waals surface area contributed by atoms with Crippen LogP contribution < -0.4 is 0 Å². The minimum absolute atomic E-state index is 0.00169. The molecule has 0 bridgehead atoms. The number of hydrogen-bond acceptors (Lipinski definition) is 3. The fourth-order valence-corrected chi connectivity index (χ4v) is 4.09. The zero-order valence-corrected chi connectivity index (χ0v) is 14.0. The van der Waals surface area contributed by atoms with Gasteiger partial charge in [-0.15, -0.1) is 0 Å². The monoisotopic (exact) mass is 317 g/mol. The van der Waals surface area contributed by atoms with Crippen molar-refractivity contribution >= 4 is 10.0 Å². The first-order valence-corrected chi connectivity index (χ1v) is 8.47. The first-order valence-electron chi connectivity index (χ1n) is 7.03. The highest BCUT2D eigenvalue weighted by Crippen LogP contribution is 2.24. The average Bonchev–Trinajstić information content (AvgIpc) is 2.38. The van der Waals surface area contributed by atoms with Crippen LogP contribution >= 0.6 is 0 Å². The van der Waals surface area contributed by atoms with Gasteiger partial charge in [-0.05, 0) is 44.4 Å². The minimum Gasteiger partial charge on any atom is -0.392 e. The third kappa shape index (κ3) is 4.02. The molecule has 0 atom stereocenters. The third-order valence-corrected chi connectivity index (χ3v) is 5.22. The molecule has 21 heavy (non-hydrogen) atoms. The van der Waals surface area contributed by atoms with Crippen LogP contribution in [0.25, 0.3) is 0 Å². The highest BCUT2D eigenvalue weighted by Gasteiger charge is 2.28. The topological polar surface area (TPSA) is 57.6 Å².